The lowest BCUT2D eigenvalue weighted by Gasteiger charge is -2.15. The van der Waals surface area contributed by atoms with Crippen molar-refractivity contribution in [2.24, 2.45) is 0 Å². The van der Waals surface area contributed by atoms with Crippen LogP contribution in [0.25, 0.3) is 21.9 Å². The van der Waals surface area contributed by atoms with Crippen molar-refractivity contribution in [3.8, 4) is 22.8 Å². The van der Waals surface area contributed by atoms with E-state index in [9.17, 15) is 13.2 Å². The van der Waals surface area contributed by atoms with Crippen LogP contribution in [0.4, 0.5) is 17.6 Å². The molecular weight excluding hydrogens is 434 g/mol. The van der Waals surface area contributed by atoms with Gasteiger partial charge in [0.05, 0.1) is 7.11 Å². The van der Waals surface area contributed by atoms with Gasteiger partial charge in [0, 0.05) is 34.2 Å². The van der Waals surface area contributed by atoms with Crippen molar-refractivity contribution < 1.29 is 27.0 Å². The van der Waals surface area contributed by atoms with Crippen LogP contribution < -0.4 is 9.47 Å². The summed E-state index contributed by atoms with van der Waals surface area (Å²) in [6, 6.07) is 6.86. The largest absolute Gasteiger partial charge is 0.487 e. The molecule has 0 N–H and O–H groups in total. The van der Waals surface area contributed by atoms with Crippen LogP contribution in [0.3, 0.4) is 0 Å². The van der Waals surface area contributed by atoms with Crippen LogP contribution in [0.1, 0.15) is 51.9 Å². The second-order valence-corrected chi connectivity index (χ2v) is 8.08. The summed E-state index contributed by atoms with van der Waals surface area (Å²) < 4.78 is 68.6. The van der Waals surface area contributed by atoms with Gasteiger partial charge in [0.15, 0.2) is 11.6 Å². The Morgan fingerprint density at radius 1 is 0.909 bits per heavy atom. The van der Waals surface area contributed by atoms with E-state index in [2.05, 4.69) is 11.9 Å². The van der Waals surface area contributed by atoms with Crippen molar-refractivity contribution in [3.63, 3.8) is 0 Å². The zero-order valence-corrected chi connectivity index (χ0v) is 19.0. The van der Waals surface area contributed by atoms with E-state index in [0.29, 0.717) is 17.9 Å². The lowest BCUT2D eigenvalue weighted by molar-refractivity contribution is 0.179. The highest BCUT2D eigenvalue weighted by atomic mass is 19.2. The number of benzene rings is 2. The average molecular weight is 464 g/mol. The maximum Gasteiger partial charge on any atom is 0.212 e. The van der Waals surface area contributed by atoms with Gasteiger partial charge in [-0.25, -0.2) is 18.2 Å². The predicted octanol–water partition coefficient (Wildman–Crippen LogP) is 7.80. The molecule has 0 aliphatic carbocycles. The summed E-state index contributed by atoms with van der Waals surface area (Å²) >= 11 is 0. The topological polar surface area (TPSA) is 31.4 Å². The molecular formula is C26H29F4NO2. The molecule has 3 nitrogen and oxygen atoms in total. The van der Waals surface area contributed by atoms with Crippen LogP contribution in [0.15, 0.2) is 36.5 Å². The molecule has 0 fully saturated rings. The summed E-state index contributed by atoms with van der Waals surface area (Å²) in [5.41, 5.74) is 0.617. The van der Waals surface area contributed by atoms with Crippen molar-refractivity contribution >= 4 is 10.8 Å². The van der Waals surface area contributed by atoms with E-state index < -0.39 is 36.0 Å². The Bertz CT molecular complexity index is 1060. The molecule has 3 rings (SSSR count). The van der Waals surface area contributed by atoms with Gasteiger partial charge < -0.3 is 9.47 Å². The second kappa shape index (κ2) is 11.9. The zero-order valence-electron chi connectivity index (χ0n) is 19.0. The molecule has 33 heavy (non-hydrogen) atoms. The monoisotopic (exact) mass is 463 g/mol. The number of unbranched alkanes of at least 4 members (excludes halogenated alkanes) is 5. The van der Waals surface area contributed by atoms with E-state index in [1.807, 2.05) is 0 Å². The standard InChI is InChI=1S/C26H29F4NO2/c1-3-4-5-6-7-8-9-18(27)16-33-26-20-12-11-19(17-10-13-23(32-2)31-15-17)24(29)21(20)14-22(28)25(26)30/h10-15,18H,3-9,16H2,1-2H3/t18-/m1/s1. The number of rotatable bonds is 12. The molecule has 0 radical (unpaired) electrons. The third kappa shape index (κ3) is 6.15. The van der Waals surface area contributed by atoms with Crippen molar-refractivity contribution in [1.82, 2.24) is 4.98 Å². The van der Waals surface area contributed by atoms with Crippen molar-refractivity contribution in [1.29, 1.82) is 0 Å². The van der Waals surface area contributed by atoms with Gasteiger partial charge in [0.25, 0.3) is 0 Å². The summed E-state index contributed by atoms with van der Waals surface area (Å²) in [5, 5.41) is -0.105. The molecule has 0 aliphatic rings. The fourth-order valence-electron chi connectivity index (χ4n) is 3.78. The molecule has 0 aliphatic heterocycles. The number of halogens is 4. The maximum atomic E-state index is 15.2. The molecule has 0 amide bonds. The quantitative estimate of drug-likeness (QED) is 0.203. The van der Waals surface area contributed by atoms with Gasteiger partial charge >= 0.3 is 0 Å². The van der Waals surface area contributed by atoms with Crippen LogP contribution in [0.5, 0.6) is 11.6 Å². The second-order valence-electron chi connectivity index (χ2n) is 8.08. The van der Waals surface area contributed by atoms with Gasteiger partial charge in [-0.15, -0.1) is 0 Å². The van der Waals surface area contributed by atoms with Crippen LogP contribution >= 0.6 is 0 Å². The van der Waals surface area contributed by atoms with Crippen molar-refractivity contribution in [2.45, 2.75) is 58.0 Å². The first-order chi connectivity index (χ1) is 16.0. The fourth-order valence-corrected chi connectivity index (χ4v) is 3.78. The molecule has 0 spiro atoms. The van der Waals surface area contributed by atoms with E-state index in [1.54, 1.807) is 12.1 Å². The number of pyridine rings is 1. The highest BCUT2D eigenvalue weighted by Crippen LogP contribution is 2.36. The van der Waals surface area contributed by atoms with Gasteiger partial charge in [0.1, 0.15) is 18.6 Å². The first-order valence-corrected chi connectivity index (χ1v) is 11.3. The lowest BCUT2D eigenvalue weighted by Crippen LogP contribution is -2.14. The number of fused-ring (bicyclic) bond motifs is 1. The summed E-state index contributed by atoms with van der Waals surface area (Å²) in [6.45, 7) is 1.71. The maximum absolute atomic E-state index is 15.2. The number of aromatic nitrogens is 1. The molecule has 3 aromatic rings. The normalized spacial score (nSPS) is 12.2. The van der Waals surface area contributed by atoms with Gasteiger partial charge in [-0.3, -0.25) is 0 Å². The van der Waals surface area contributed by atoms with E-state index in [-0.39, 0.29) is 22.8 Å². The van der Waals surface area contributed by atoms with Gasteiger partial charge in [0.2, 0.25) is 11.7 Å². The Balaban J connectivity index is 1.76. The number of hydrogen-bond donors (Lipinski definition) is 0. The smallest absolute Gasteiger partial charge is 0.212 e. The molecule has 2 aromatic carbocycles. The number of methoxy groups -OCH3 is 1. The Morgan fingerprint density at radius 3 is 2.36 bits per heavy atom. The number of ether oxygens (including phenoxy) is 2. The van der Waals surface area contributed by atoms with Crippen LogP contribution in [0.2, 0.25) is 0 Å². The molecule has 178 valence electrons. The zero-order chi connectivity index (χ0) is 23.8. The Hall–Kier alpha value is -2.83. The number of nitrogens with zero attached hydrogens (tertiary/aromatic N) is 1. The molecule has 1 atom stereocenters. The van der Waals surface area contributed by atoms with E-state index in [4.69, 9.17) is 9.47 Å². The first-order valence-electron chi connectivity index (χ1n) is 11.3. The van der Waals surface area contributed by atoms with Crippen LogP contribution in [-0.2, 0) is 0 Å². The third-order valence-corrected chi connectivity index (χ3v) is 5.64. The predicted molar refractivity (Wildman–Crippen MR) is 122 cm³/mol. The van der Waals surface area contributed by atoms with Crippen LogP contribution in [0, 0.1) is 17.5 Å². The number of alkyl halides is 1. The van der Waals surface area contributed by atoms with Gasteiger partial charge in [-0.1, -0.05) is 51.5 Å². The Morgan fingerprint density at radius 2 is 1.67 bits per heavy atom. The molecule has 0 bridgehead atoms. The van der Waals surface area contributed by atoms with E-state index >= 15 is 4.39 Å². The van der Waals surface area contributed by atoms with Crippen molar-refractivity contribution in [2.75, 3.05) is 13.7 Å². The highest BCUT2D eigenvalue weighted by Gasteiger charge is 2.21. The summed E-state index contributed by atoms with van der Waals surface area (Å²) in [5.74, 6) is -3.37. The number of hydrogen-bond acceptors (Lipinski definition) is 3. The Labute approximate surface area is 191 Å². The van der Waals surface area contributed by atoms with Crippen LogP contribution in [-0.4, -0.2) is 24.9 Å². The molecule has 0 saturated heterocycles. The minimum atomic E-state index is -1.32. The van der Waals surface area contributed by atoms with E-state index in [1.165, 1.54) is 31.9 Å². The average Bonchev–Trinajstić information content (AvgIpc) is 2.82. The molecule has 0 saturated carbocycles. The lowest BCUT2D eigenvalue weighted by atomic mass is 10.0. The Kier molecular flexibility index (Phi) is 8.92. The minimum Gasteiger partial charge on any atom is -0.487 e. The van der Waals surface area contributed by atoms with E-state index in [0.717, 1.165) is 31.7 Å². The fraction of sp³-hybridized carbons (Fsp3) is 0.423. The summed E-state index contributed by atoms with van der Waals surface area (Å²) in [6.07, 6.45) is 6.51. The molecule has 1 heterocycles. The molecule has 7 heteroatoms. The highest BCUT2D eigenvalue weighted by molar-refractivity contribution is 5.93. The SMILES string of the molecule is CCCCCCCC[C@@H](F)COc1c(F)c(F)cc2c(F)c(-c3ccc(OC)nc3)ccc12. The minimum absolute atomic E-state index is 0.0448. The molecule has 0 unspecified atom stereocenters. The first kappa shape index (κ1) is 24.8. The van der Waals surface area contributed by atoms with Gasteiger partial charge in [-0.2, -0.15) is 4.39 Å². The molecule has 1 aromatic heterocycles. The third-order valence-electron chi connectivity index (χ3n) is 5.64. The van der Waals surface area contributed by atoms with Gasteiger partial charge in [-0.05, 0) is 24.6 Å². The van der Waals surface area contributed by atoms with Crippen molar-refractivity contribution in [3.05, 3.63) is 54.0 Å². The summed E-state index contributed by atoms with van der Waals surface area (Å²) in [7, 11) is 1.47. The summed E-state index contributed by atoms with van der Waals surface area (Å²) in [4.78, 5) is 4.05.